The molecule has 1 fully saturated rings. The minimum absolute atomic E-state index is 0.362. The summed E-state index contributed by atoms with van der Waals surface area (Å²) in [6.07, 6.45) is 0.740. The van der Waals surface area contributed by atoms with Crippen molar-refractivity contribution in [1.29, 1.82) is 0 Å². The van der Waals surface area contributed by atoms with Gasteiger partial charge in [0, 0.05) is 0 Å². The van der Waals surface area contributed by atoms with Crippen molar-refractivity contribution in [3.63, 3.8) is 0 Å². The molecule has 0 N–H and O–H groups in total. The topological polar surface area (TPSA) is 91.4 Å². The van der Waals surface area contributed by atoms with Crippen LogP contribution in [0.15, 0.2) is 54.6 Å². The Hall–Kier alpha value is -3.39. The Morgan fingerprint density at radius 2 is 1.57 bits per heavy atom. The fourth-order valence-electron chi connectivity index (χ4n) is 3.33. The Kier molecular flexibility index (Phi) is 7.03. The van der Waals surface area contributed by atoms with Gasteiger partial charge in [0.05, 0.1) is 25.9 Å². The third-order valence-electron chi connectivity index (χ3n) is 4.81. The summed E-state index contributed by atoms with van der Waals surface area (Å²) in [6, 6.07) is 15.5. The van der Waals surface area contributed by atoms with Gasteiger partial charge in [-0.3, -0.25) is 14.4 Å². The number of nitrogens with zero attached hydrogens (tertiary/aromatic N) is 1. The highest BCUT2D eigenvalue weighted by Gasteiger charge is 2.44. The third-order valence-corrected chi connectivity index (χ3v) is 4.81. The summed E-state index contributed by atoms with van der Waals surface area (Å²) in [5.41, 5.74) is 0.560. The zero-order valence-electron chi connectivity index (χ0n) is 16.7. The van der Waals surface area contributed by atoms with Crippen LogP contribution in [0.5, 0.6) is 11.5 Å². The molecule has 0 amide bonds. The van der Waals surface area contributed by atoms with Gasteiger partial charge in [0.15, 0.2) is 12.2 Å². The Balaban J connectivity index is 1.87. The van der Waals surface area contributed by atoms with E-state index in [1.807, 2.05) is 30.3 Å². The second kappa shape index (κ2) is 9.89. The number of rotatable bonds is 7. The molecule has 1 saturated heterocycles. The number of esters is 2. The van der Waals surface area contributed by atoms with Crippen LogP contribution in [0.3, 0.4) is 0 Å². The maximum Gasteiger partial charge on any atom is 0.322 e. The molecule has 0 saturated carbocycles. The number of para-hydroxylation sites is 1. The van der Waals surface area contributed by atoms with E-state index in [-0.39, 0.29) is 0 Å². The van der Waals surface area contributed by atoms with Crippen LogP contribution < -0.4 is 9.80 Å². The van der Waals surface area contributed by atoms with Gasteiger partial charge in [-0.25, -0.2) is 5.06 Å². The molecule has 2 atom stereocenters. The molecule has 0 spiro atoms. The molecule has 8 heteroatoms. The second-order valence-corrected chi connectivity index (χ2v) is 6.68. The van der Waals surface area contributed by atoms with Gasteiger partial charge in [-0.15, -0.1) is 0 Å². The van der Waals surface area contributed by atoms with Crippen molar-refractivity contribution >= 4 is 23.9 Å². The summed E-state index contributed by atoms with van der Waals surface area (Å²) in [4.78, 5) is 41.7. The molecule has 0 unspecified atom stereocenters. The molecular formula is C22H23NO7. The van der Waals surface area contributed by atoms with E-state index in [4.69, 9.17) is 19.0 Å². The molecule has 0 radical (unpaired) electrons. The van der Waals surface area contributed by atoms with Gasteiger partial charge in [-0.1, -0.05) is 18.2 Å². The first-order valence-electron chi connectivity index (χ1n) is 9.47. The molecule has 0 bridgehead atoms. The molecule has 2 aromatic carbocycles. The van der Waals surface area contributed by atoms with Gasteiger partial charge < -0.3 is 19.0 Å². The highest BCUT2D eigenvalue weighted by molar-refractivity contribution is 5.96. The van der Waals surface area contributed by atoms with Crippen molar-refractivity contribution in [2.45, 2.75) is 25.0 Å². The number of hydroxylamine groups is 1. The van der Waals surface area contributed by atoms with E-state index >= 15 is 0 Å². The van der Waals surface area contributed by atoms with E-state index in [9.17, 15) is 14.4 Å². The Bertz CT molecular complexity index is 853. The number of hydrogen-bond acceptors (Lipinski definition) is 8. The molecule has 30 heavy (non-hydrogen) atoms. The van der Waals surface area contributed by atoms with E-state index in [2.05, 4.69) is 0 Å². The molecule has 158 valence electrons. The SMILES string of the molecule is COC(=O)C(C(=O)OC)[C@H]1CC[C@H](C=O)ON1c1ccc(Oc2ccccc2)cc1. The fourth-order valence-corrected chi connectivity index (χ4v) is 3.33. The van der Waals surface area contributed by atoms with E-state index < -0.39 is 30.0 Å². The lowest BCUT2D eigenvalue weighted by molar-refractivity contribution is -0.163. The quantitative estimate of drug-likeness (QED) is 0.389. The Labute approximate surface area is 174 Å². The van der Waals surface area contributed by atoms with Gasteiger partial charge in [-0.2, -0.15) is 0 Å². The van der Waals surface area contributed by atoms with Crippen LogP contribution in [0.25, 0.3) is 0 Å². The van der Waals surface area contributed by atoms with Crippen molar-refractivity contribution in [3.05, 3.63) is 54.6 Å². The first-order valence-corrected chi connectivity index (χ1v) is 9.47. The second-order valence-electron chi connectivity index (χ2n) is 6.68. The molecule has 2 aromatic rings. The molecule has 3 rings (SSSR count). The highest BCUT2D eigenvalue weighted by atomic mass is 16.7. The number of methoxy groups -OCH3 is 2. The van der Waals surface area contributed by atoms with Gasteiger partial charge in [0.2, 0.25) is 0 Å². The smallest absolute Gasteiger partial charge is 0.322 e. The van der Waals surface area contributed by atoms with Crippen molar-refractivity contribution < 1.29 is 33.4 Å². The van der Waals surface area contributed by atoms with Crippen molar-refractivity contribution in [1.82, 2.24) is 0 Å². The number of benzene rings is 2. The molecule has 0 aromatic heterocycles. The number of carbonyl (C=O) groups excluding carboxylic acids is 3. The number of hydrogen-bond donors (Lipinski definition) is 0. The molecule has 8 nitrogen and oxygen atoms in total. The van der Waals surface area contributed by atoms with Crippen LogP contribution in [0, 0.1) is 5.92 Å². The zero-order valence-corrected chi connectivity index (χ0v) is 16.7. The maximum absolute atomic E-state index is 12.3. The fraction of sp³-hybridized carbons (Fsp3) is 0.318. The lowest BCUT2D eigenvalue weighted by atomic mass is 9.92. The van der Waals surface area contributed by atoms with Crippen LogP contribution in [0.1, 0.15) is 12.8 Å². The number of ether oxygens (including phenoxy) is 3. The van der Waals surface area contributed by atoms with E-state index in [1.165, 1.54) is 19.3 Å². The number of anilines is 1. The van der Waals surface area contributed by atoms with Crippen LogP contribution >= 0.6 is 0 Å². The Morgan fingerprint density at radius 3 is 2.13 bits per heavy atom. The normalized spacial score (nSPS) is 18.6. The molecule has 1 aliphatic heterocycles. The van der Waals surface area contributed by atoms with Gasteiger partial charge in [0.25, 0.3) is 0 Å². The van der Waals surface area contributed by atoms with E-state index in [0.717, 1.165) is 0 Å². The summed E-state index contributed by atoms with van der Waals surface area (Å²) in [7, 11) is 2.41. The lowest BCUT2D eigenvalue weighted by Crippen LogP contribution is -2.52. The first kappa shape index (κ1) is 21.3. The average Bonchev–Trinajstić information content (AvgIpc) is 2.80. The molecule has 1 heterocycles. The monoisotopic (exact) mass is 413 g/mol. The maximum atomic E-state index is 12.3. The standard InChI is InChI=1S/C22H23NO7/c1-27-21(25)20(22(26)28-2)19-13-12-18(14-24)30-23(19)15-8-10-17(11-9-15)29-16-6-4-3-5-7-16/h3-11,14,18-20H,12-13H2,1-2H3/t18-,19-/m1/s1. The van der Waals surface area contributed by atoms with Crippen molar-refractivity contribution in [2.75, 3.05) is 19.3 Å². The summed E-state index contributed by atoms with van der Waals surface area (Å²) in [5.74, 6) is -1.38. The number of aldehydes is 1. The molecule has 0 aliphatic carbocycles. The third kappa shape index (κ3) is 4.77. The van der Waals surface area contributed by atoms with Crippen LogP contribution in [0.4, 0.5) is 5.69 Å². The highest BCUT2D eigenvalue weighted by Crippen LogP contribution is 2.33. The van der Waals surface area contributed by atoms with Crippen LogP contribution in [-0.2, 0) is 28.7 Å². The van der Waals surface area contributed by atoms with Crippen molar-refractivity contribution in [3.8, 4) is 11.5 Å². The summed E-state index contributed by atoms with van der Waals surface area (Å²) in [6.45, 7) is 0. The summed E-state index contributed by atoms with van der Waals surface area (Å²) < 4.78 is 15.4. The first-order chi connectivity index (χ1) is 14.6. The minimum Gasteiger partial charge on any atom is -0.468 e. The summed E-state index contributed by atoms with van der Waals surface area (Å²) >= 11 is 0. The predicted molar refractivity (Wildman–Crippen MR) is 107 cm³/mol. The molecular weight excluding hydrogens is 390 g/mol. The van der Waals surface area contributed by atoms with Gasteiger partial charge in [0.1, 0.15) is 17.6 Å². The van der Waals surface area contributed by atoms with Crippen molar-refractivity contribution in [2.24, 2.45) is 5.92 Å². The van der Waals surface area contributed by atoms with Crippen LogP contribution in [-0.4, -0.2) is 44.6 Å². The number of carbonyl (C=O) groups is 3. The van der Waals surface area contributed by atoms with E-state index in [0.29, 0.717) is 36.3 Å². The average molecular weight is 413 g/mol. The Morgan fingerprint density at radius 1 is 0.967 bits per heavy atom. The van der Waals surface area contributed by atoms with Gasteiger partial charge in [-0.05, 0) is 49.2 Å². The predicted octanol–water partition coefficient (Wildman–Crippen LogP) is 2.91. The summed E-state index contributed by atoms with van der Waals surface area (Å²) in [5, 5.41) is 1.41. The zero-order chi connectivity index (χ0) is 21.5. The van der Waals surface area contributed by atoms with E-state index in [1.54, 1.807) is 24.3 Å². The largest absolute Gasteiger partial charge is 0.468 e. The van der Waals surface area contributed by atoms with Crippen LogP contribution in [0.2, 0.25) is 0 Å². The minimum atomic E-state index is -1.21. The molecule has 1 aliphatic rings. The lowest BCUT2D eigenvalue weighted by Gasteiger charge is -2.40. The van der Waals surface area contributed by atoms with Gasteiger partial charge >= 0.3 is 11.9 Å².